The Morgan fingerprint density at radius 2 is 2.04 bits per heavy atom. The Morgan fingerprint density at radius 3 is 2.70 bits per heavy atom. The lowest BCUT2D eigenvalue weighted by molar-refractivity contribution is 0.0935. The number of benzene rings is 1. The first-order valence-corrected chi connectivity index (χ1v) is 8.24. The lowest BCUT2D eigenvalue weighted by atomic mass is 10.1. The standard InChI is InChI=1S/C17H18N4OS/c1-11(14-9-18-21(3)12(14)2)19-16(22)15-10-23-17(20-15)13-7-5-4-6-8-13/h4-11H,1-3H3,(H,19,22)/t11-/m1/s1. The molecule has 1 atom stereocenters. The van der Waals surface area contributed by atoms with Crippen LogP contribution in [-0.4, -0.2) is 20.7 Å². The molecule has 0 saturated heterocycles. The zero-order valence-corrected chi connectivity index (χ0v) is 14.1. The summed E-state index contributed by atoms with van der Waals surface area (Å²) in [5.74, 6) is -0.167. The highest BCUT2D eigenvalue weighted by Crippen LogP contribution is 2.24. The molecule has 0 unspecified atom stereocenters. The van der Waals surface area contributed by atoms with Crippen LogP contribution in [0.1, 0.15) is 34.7 Å². The van der Waals surface area contributed by atoms with E-state index in [1.807, 2.05) is 51.2 Å². The number of aryl methyl sites for hydroxylation is 1. The van der Waals surface area contributed by atoms with Crippen molar-refractivity contribution in [1.82, 2.24) is 20.1 Å². The molecule has 0 aliphatic rings. The van der Waals surface area contributed by atoms with Gasteiger partial charge in [0.1, 0.15) is 10.7 Å². The third-order valence-corrected chi connectivity index (χ3v) is 4.74. The summed E-state index contributed by atoms with van der Waals surface area (Å²) >= 11 is 1.47. The monoisotopic (exact) mass is 326 g/mol. The Kier molecular flexibility index (Phi) is 4.25. The second kappa shape index (κ2) is 6.34. The zero-order valence-electron chi connectivity index (χ0n) is 13.3. The van der Waals surface area contributed by atoms with Crippen molar-refractivity contribution in [1.29, 1.82) is 0 Å². The zero-order chi connectivity index (χ0) is 16.4. The minimum atomic E-state index is -0.167. The Bertz CT molecular complexity index is 822. The summed E-state index contributed by atoms with van der Waals surface area (Å²) in [5, 5.41) is 9.84. The van der Waals surface area contributed by atoms with Gasteiger partial charge in [-0.2, -0.15) is 5.10 Å². The topological polar surface area (TPSA) is 59.8 Å². The lowest BCUT2D eigenvalue weighted by Gasteiger charge is -2.12. The van der Waals surface area contributed by atoms with Crippen molar-refractivity contribution in [3.05, 3.63) is 58.9 Å². The summed E-state index contributed by atoms with van der Waals surface area (Å²) in [6.45, 7) is 3.94. The van der Waals surface area contributed by atoms with Gasteiger partial charge in [0, 0.05) is 29.2 Å². The van der Waals surface area contributed by atoms with Gasteiger partial charge in [-0.1, -0.05) is 30.3 Å². The predicted octanol–water partition coefficient (Wildman–Crippen LogP) is 3.34. The normalized spacial score (nSPS) is 12.1. The summed E-state index contributed by atoms with van der Waals surface area (Å²) in [7, 11) is 1.89. The number of nitrogens with zero attached hydrogens (tertiary/aromatic N) is 3. The van der Waals surface area contributed by atoms with E-state index in [4.69, 9.17) is 0 Å². The largest absolute Gasteiger partial charge is 0.344 e. The Hall–Kier alpha value is -2.47. The summed E-state index contributed by atoms with van der Waals surface area (Å²) in [5.41, 5.74) is 3.52. The molecule has 3 aromatic rings. The summed E-state index contributed by atoms with van der Waals surface area (Å²) in [4.78, 5) is 16.8. The fourth-order valence-electron chi connectivity index (χ4n) is 2.38. The lowest BCUT2D eigenvalue weighted by Crippen LogP contribution is -2.27. The first kappa shape index (κ1) is 15.4. The first-order chi connectivity index (χ1) is 11.1. The van der Waals surface area contributed by atoms with Crippen molar-refractivity contribution in [2.45, 2.75) is 19.9 Å². The van der Waals surface area contributed by atoms with E-state index < -0.39 is 0 Å². The van der Waals surface area contributed by atoms with Crippen LogP contribution in [0.15, 0.2) is 41.9 Å². The fourth-order valence-corrected chi connectivity index (χ4v) is 3.19. The quantitative estimate of drug-likeness (QED) is 0.800. The molecule has 5 nitrogen and oxygen atoms in total. The molecule has 0 spiro atoms. The van der Waals surface area contributed by atoms with Crippen LogP contribution in [0.4, 0.5) is 0 Å². The maximum absolute atomic E-state index is 12.4. The molecular weight excluding hydrogens is 308 g/mol. The molecule has 2 heterocycles. The van der Waals surface area contributed by atoms with Crippen LogP contribution in [0.2, 0.25) is 0 Å². The van der Waals surface area contributed by atoms with Gasteiger partial charge in [-0.25, -0.2) is 4.98 Å². The van der Waals surface area contributed by atoms with Crippen LogP contribution >= 0.6 is 11.3 Å². The van der Waals surface area contributed by atoms with E-state index in [1.54, 1.807) is 16.3 Å². The molecule has 118 valence electrons. The van der Waals surface area contributed by atoms with Gasteiger partial charge >= 0.3 is 0 Å². The Morgan fingerprint density at radius 1 is 1.30 bits per heavy atom. The molecule has 23 heavy (non-hydrogen) atoms. The average Bonchev–Trinajstić information content (AvgIpc) is 3.16. The number of rotatable bonds is 4. The highest BCUT2D eigenvalue weighted by Gasteiger charge is 2.17. The van der Waals surface area contributed by atoms with E-state index in [-0.39, 0.29) is 11.9 Å². The maximum Gasteiger partial charge on any atom is 0.271 e. The molecular formula is C17H18N4OS. The number of hydrogen-bond donors (Lipinski definition) is 1. The van der Waals surface area contributed by atoms with Crippen LogP contribution in [0.3, 0.4) is 0 Å². The van der Waals surface area contributed by atoms with E-state index in [0.29, 0.717) is 5.69 Å². The summed E-state index contributed by atoms with van der Waals surface area (Å²) in [6.07, 6.45) is 1.79. The molecule has 0 aliphatic heterocycles. The highest BCUT2D eigenvalue weighted by atomic mass is 32.1. The van der Waals surface area contributed by atoms with Gasteiger partial charge in [-0.05, 0) is 13.8 Å². The van der Waals surface area contributed by atoms with E-state index in [0.717, 1.165) is 21.8 Å². The van der Waals surface area contributed by atoms with E-state index in [9.17, 15) is 4.79 Å². The summed E-state index contributed by atoms with van der Waals surface area (Å²) < 4.78 is 1.80. The molecule has 0 bridgehead atoms. The van der Waals surface area contributed by atoms with Crippen molar-refractivity contribution >= 4 is 17.2 Å². The number of carbonyl (C=O) groups is 1. The third kappa shape index (κ3) is 3.17. The number of nitrogens with one attached hydrogen (secondary N) is 1. The van der Waals surface area contributed by atoms with Gasteiger partial charge in [0.05, 0.1) is 12.2 Å². The first-order valence-electron chi connectivity index (χ1n) is 7.36. The fraction of sp³-hybridized carbons (Fsp3) is 0.235. The molecule has 1 amide bonds. The van der Waals surface area contributed by atoms with Crippen LogP contribution < -0.4 is 5.32 Å². The Labute approximate surface area is 139 Å². The van der Waals surface area contributed by atoms with Gasteiger partial charge in [0.15, 0.2) is 0 Å². The second-order valence-electron chi connectivity index (χ2n) is 5.41. The second-order valence-corrected chi connectivity index (χ2v) is 6.27. The number of amides is 1. The number of aromatic nitrogens is 3. The van der Waals surface area contributed by atoms with Crippen LogP contribution in [0, 0.1) is 6.92 Å². The smallest absolute Gasteiger partial charge is 0.271 e. The Balaban J connectivity index is 1.74. The molecule has 2 aromatic heterocycles. The molecule has 0 radical (unpaired) electrons. The molecule has 1 aromatic carbocycles. The van der Waals surface area contributed by atoms with Gasteiger partial charge in [0.25, 0.3) is 5.91 Å². The third-order valence-electron chi connectivity index (χ3n) is 3.84. The maximum atomic E-state index is 12.4. The van der Waals surface area contributed by atoms with Crippen molar-refractivity contribution in [3.8, 4) is 10.6 Å². The number of thiazole rings is 1. The molecule has 0 saturated carbocycles. The molecule has 0 aliphatic carbocycles. The van der Waals surface area contributed by atoms with E-state index in [1.165, 1.54) is 11.3 Å². The van der Waals surface area contributed by atoms with Gasteiger partial charge in [0.2, 0.25) is 0 Å². The molecule has 6 heteroatoms. The number of carbonyl (C=O) groups excluding carboxylic acids is 1. The number of hydrogen-bond acceptors (Lipinski definition) is 4. The van der Waals surface area contributed by atoms with Gasteiger partial charge in [-0.15, -0.1) is 11.3 Å². The summed E-state index contributed by atoms with van der Waals surface area (Å²) in [6, 6.07) is 9.75. The predicted molar refractivity (Wildman–Crippen MR) is 91.4 cm³/mol. The minimum absolute atomic E-state index is 0.113. The van der Waals surface area contributed by atoms with Crippen molar-refractivity contribution in [2.24, 2.45) is 7.05 Å². The molecule has 3 rings (SSSR count). The SMILES string of the molecule is Cc1c([C@@H](C)NC(=O)c2csc(-c3ccccc3)n2)cnn1C. The van der Waals surface area contributed by atoms with Crippen molar-refractivity contribution < 1.29 is 4.79 Å². The van der Waals surface area contributed by atoms with Crippen molar-refractivity contribution in [3.63, 3.8) is 0 Å². The van der Waals surface area contributed by atoms with Crippen molar-refractivity contribution in [2.75, 3.05) is 0 Å². The van der Waals surface area contributed by atoms with Crippen LogP contribution in [-0.2, 0) is 7.05 Å². The minimum Gasteiger partial charge on any atom is -0.344 e. The average molecular weight is 326 g/mol. The van der Waals surface area contributed by atoms with Crippen LogP contribution in [0.25, 0.3) is 10.6 Å². The van der Waals surface area contributed by atoms with Gasteiger partial charge in [-0.3, -0.25) is 9.48 Å². The van der Waals surface area contributed by atoms with Crippen LogP contribution in [0.5, 0.6) is 0 Å². The van der Waals surface area contributed by atoms with E-state index in [2.05, 4.69) is 15.4 Å². The molecule has 0 fully saturated rings. The van der Waals surface area contributed by atoms with E-state index >= 15 is 0 Å². The molecule has 1 N–H and O–H groups in total. The highest BCUT2D eigenvalue weighted by molar-refractivity contribution is 7.13. The van der Waals surface area contributed by atoms with Gasteiger partial charge < -0.3 is 5.32 Å².